The predicted molar refractivity (Wildman–Crippen MR) is 93.4 cm³/mol. The Morgan fingerprint density at radius 1 is 1.54 bits per heavy atom. The Hall–Kier alpha value is -3.04. The fraction of sp³-hybridized carbons (Fsp3) is 0.214. The number of nitrogens with one attached hydrogen (secondary N) is 1. The van der Waals surface area contributed by atoms with Crippen molar-refractivity contribution in [2.75, 3.05) is 11.5 Å². The molecule has 0 bridgehead atoms. The number of β-lactam (4-membered cyclic amide) rings is 1. The zero-order valence-corrected chi connectivity index (χ0v) is 14.5. The van der Waals surface area contributed by atoms with Crippen molar-refractivity contribution in [1.29, 1.82) is 0 Å². The SMILES string of the molecule is C#CC1=C(C(=O)O)N2C(=O)[C@@H](NC(=O)/C(=N\O)c3csc(N)n3)[C@H]2SC1. The van der Waals surface area contributed by atoms with Gasteiger partial charge in [-0.05, 0) is 0 Å². The van der Waals surface area contributed by atoms with Crippen molar-refractivity contribution < 1.29 is 24.7 Å². The molecular weight excluding hydrogens is 382 g/mol. The molecule has 1 fully saturated rings. The van der Waals surface area contributed by atoms with Crippen LogP contribution in [0.4, 0.5) is 5.13 Å². The van der Waals surface area contributed by atoms with Gasteiger partial charge in [0.2, 0.25) is 0 Å². The number of nitrogens with zero attached hydrogens (tertiary/aromatic N) is 3. The van der Waals surface area contributed by atoms with Gasteiger partial charge in [0, 0.05) is 16.7 Å². The van der Waals surface area contributed by atoms with Gasteiger partial charge in [0.1, 0.15) is 22.8 Å². The van der Waals surface area contributed by atoms with E-state index in [0.717, 1.165) is 16.2 Å². The first-order chi connectivity index (χ1) is 12.4. The van der Waals surface area contributed by atoms with E-state index in [1.54, 1.807) is 0 Å². The first-order valence-corrected chi connectivity index (χ1v) is 8.94. The number of carbonyl (C=O) groups is 3. The zero-order chi connectivity index (χ0) is 19.0. The number of thiazole rings is 1. The molecule has 12 heteroatoms. The first kappa shape index (κ1) is 17.8. The lowest BCUT2D eigenvalue weighted by Gasteiger charge is -2.48. The van der Waals surface area contributed by atoms with Crippen LogP contribution in [0.5, 0.6) is 0 Å². The van der Waals surface area contributed by atoms with Crippen LogP contribution in [0.15, 0.2) is 21.8 Å². The maximum atomic E-state index is 12.4. The van der Waals surface area contributed by atoms with Gasteiger partial charge < -0.3 is 21.4 Å². The smallest absolute Gasteiger partial charge is 0.353 e. The summed E-state index contributed by atoms with van der Waals surface area (Å²) in [6, 6.07) is -0.978. The Bertz CT molecular complexity index is 915. The van der Waals surface area contributed by atoms with E-state index in [9.17, 15) is 19.5 Å². The summed E-state index contributed by atoms with van der Waals surface area (Å²) in [7, 11) is 0. The molecule has 2 aliphatic heterocycles. The molecule has 0 aromatic carbocycles. The molecule has 2 atom stereocenters. The molecule has 5 N–H and O–H groups in total. The number of nitrogen functional groups attached to an aromatic ring is 1. The number of amides is 2. The van der Waals surface area contributed by atoms with Gasteiger partial charge in [-0.15, -0.1) is 29.5 Å². The number of nitrogens with two attached hydrogens (primary N) is 1. The summed E-state index contributed by atoms with van der Waals surface area (Å²) in [5.74, 6) is -0.259. The van der Waals surface area contributed by atoms with Crippen LogP contribution in [0.25, 0.3) is 0 Å². The van der Waals surface area contributed by atoms with Crippen molar-refractivity contribution in [3.05, 3.63) is 22.3 Å². The second-order valence-electron chi connectivity index (χ2n) is 5.16. The highest BCUT2D eigenvalue weighted by Gasteiger charge is 2.54. The number of carboxylic acids is 1. The fourth-order valence-electron chi connectivity index (χ4n) is 2.55. The average molecular weight is 393 g/mol. The first-order valence-electron chi connectivity index (χ1n) is 7.01. The molecule has 1 aromatic rings. The van der Waals surface area contributed by atoms with Crippen LogP contribution < -0.4 is 11.1 Å². The number of carbonyl (C=O) groups excluding carboxylic acids is 2. The molecule has 2 amide bonds. The number of hydrogen-bond donors (Lipinski definition) is 4. The number of rotatable bonds is 4. The highest BCUT2D eigenvalue weighted by Crippen LogP contribution is 2.40. The molecule has 2 aliphatic rings. The van der Waals surface area contributed by atoms with Crippen molar-refractivity contribution in [3.8, 4) is 12.3 Å². The molecule has 1 saturated heterocycles. The van der Waals surface area contributed by atoms with E-state index in [2.05, 4.69) is 21.4 Å². The fourth-order valence-corrected chi connectivity index (χ4v) is 4.39. The standard InChI is InChI=1S/C14H11N5O5S2/c1-2-5-3-25-12-8(11(21)19(12)9(5)13(22)23)17-10(20)7(18-24)6-4-26-14(15)16-6/h1,4,8,12,24H,3H2,(H2,15,16)(H,17,20)(H,22,23)/b18-7-/t8-,12-/m1/s1. The van der Waals surface area contributed by atoms with Crippen molar-refractivity contribution in [3.63, 3.8) is 0 Å². The summed E-state index contributed by atoms with van der Waals surface area (Å²) in [5.41, 5.74) is 5.10. The van der Waals surface area contributed by atoms with Crippen molar-refractivity contribution in [2.45, 2.75) is 11.4 Å². The van der Waals surface area contributed by atoms with Gasteiger partial charge in [-0.1, -0.05) is 11.1 Å². The Balaban J connectivity index is 1.78. The lowest BCUT2D eigenvalue weighted by Crippen LogP contribution is -2.71. The molecule has 0 saturated carbocycles. The molecule has 0 spiro atoms. The molecule has 26 heavy (non-hydrogen) atoms. The lowest BCUT2D eigenvalue weighted by molar-refractivity contribution is -0.150. The van der Waals surface area contributed by atoms with Crippen molar-refractivity contribution >= 4 is 51.7 Å². The lowest BCUT2D eigenvalue weighted by atomic mass is 10.0. The van der Waals surface area contributed by atoms with Gasteiger partial charge in [-0.25, -0.2) is 9.78 Å². The van der Waals surface area contributed by atoms with E-state index < -0.39 is 34.9 Å². The van der Waals surface area contributed by atoms with Crippen molar-refractivity contribution in [1.82, 2.24) is 15.2 Å². The van der Waals surface area contributed by atoms with Crippen LogP contribution in [0, 0.1) is 12.3 Å². The summed E-state index contributed by atoms with van der Waals surface area (Å²) < 4.78 is 0. The molecule has 0 unspecified atom stereocenters. The summed E-state index contributed by atoms with van der Waals surface area (Å²) in [6.45, 7) is 0. The topological polar surface area (TPSA) is 158 Å². The monoisotopic (exact) mass is 393 g/mol. The van der Waals surface area contributed by atoms with Gasteiger partial charge in [0.25, 0.3) is 11.8 Å². The summed E-state index contributed by atoms with van der Waals surface area (Å²) in [4.78, 5) is 41.0. The van der Waals surface area contributed by atoms with E-state index in [1.165, 1.54) is 17.1 Å². The van der Waals surface area contributed by atoms with Crippen LogP contribution in [0.1, 0.15) is 5.69 Å². The number of aromatic nitrogens is 1. The largest absolute Gasteiger partial charge is 0.477 e. The summed E-state index contributed by atoms with van der Waals surface area (Å²) >= 11 is 2.29. The van der Waals surface area contributed by atoms with E-state index in [0.29, 0.717) is 0 Å². The third-order valence-corrected chi connectivity index (χ3v) is 5.67. The molecule has 0 aliphatic carbocycles. The molecule has 134 valence electrons. The molecule has 1 aromatic heterocycles. The number of thioether (sulfide) groups is 1. The zero-order valence-electron chi connectivity index (χ0n) is 12.9. The number of carboxylic acid groups (broad SMARTS) is 1. The Kier molecular flexibility index (Phi) is 4.58. The molecular formula is C14H11N5O5S2. The van der Waals surface area contributed by atoms with E-state index in [1.807, 2.05) is 0 Å². The Morgan fingerprint density at radius 3 is 2.81 bits per heavy atom. The minimum atomic E-state index is -1.31. The second kappa shape index (κ2) is 6.70. The van der Waals surface area contributed by atoms with Crippen LogP contribution in [0.3, 0.4) is 0 Å². The quantitative estimate of drug-likeness (QED) is 0.171. The molecule has 3 heterocycles. The number of aliphatic carboxylic acids is 1. The number of anilines is 1. The van der Waals surface area contributed by atoms with Crippen LogP contribution in [-0.2, 0) is 14.4 Å². The maximum absolute atomic E-state index is 12.4. The number of terminal acetylenes is 1. The van der Waals surface area contributed by atoms with Crippen molar-refractivity contribution in [2.24, 2.45) is 5.16 Å². The highest BCUT2D eigenvalue weighted by atomic mass is 32.2. The van der Waals surface area contributed by atoms with E-state index in [-0.39, 0.29) is 27.8 Å². The van der Waals surface area contributed by atoms with Crippen LogP contribution in [-0.4, -0.2) is 60.9 Å². The summed E-state index contributed by atoms with van der Waals surface area (Å²) in [6.07, 6.45) is 5.30. The number of oxime groups is 1. The van der Waals surface area contributed by atoms with Gasteiger partial charge in [-0.2, -0.15) is 0 Å². The van der Waals surface area contributed by atoms with Crippen LogP contribution >= 0.6 is 23.1 Å². The minimum Gasteiger partial charge on any atom is -0.477 e. The Labute approximate surface area is 154 Å². The third kappa shape index (κ3) is 2.76. The third-order valence-electron chi connectivity index (χ3n) is 3.71. The number of fused-ring (bicyclic) bond motifs is 1. The summed E-state index contributed by atoms with van der Waals surface area (Å²) in [5, 5.41) is 24.7. The maximum Gasteiger partial charge on any atom is 0.353 e. The normalized spacial score (nSPS) is 22.3. The van der Waals surface area contributed by atoms with E-state index in [4.69, 9.17) is 17.4 Å². The van der Waals surface area contributed by atoms with Gasteiger partial charge in [0.15, 0.2) is 10.8 Å². The van der Waals surface area contributed by atoms with Crippen LogP contribution in [0.2, 0.25) is 0 Å². The Morgan fingerprint density at radius 2 is 2.27 bits per heavy atom. The minimum absolute atomic E-state index is 0.0631. The molecule has 3 rings (SSSR count). The predicted octanol–water partition coefficient (Wildman–Crippen LogP) is -0.725. The second-order valence-corrected chi connectivity index (χ2v) is 7.15. The van der Waals surface area contributed by atoms with Gasteiger partial charge in [-0.3, -0.25) is 14.5 Å². The van der Waals surface area contributed by atoms with Gasteiger partial charge >= 0.3 is 5.97 Å². The van der Waals surface area contributed by atoms with Gasteiger partial charge in [0.05, 0.1) is 0 Å². The average Bonchev–Trinajstić information content (AvgIpc) is 3.04. The van der Waals surface area contributed by atoms with E-state index >= 15 is 0 Å². The molecule has 10 nitrogen and oxygen atoms in total. The molecule has 0 radical (unpaired) electrons. The number of hydrogen-bond acceptors (Lipinski definition) is 9. The highest BCUT2D eigenvalue weighted by molar-refractivity contribution is 8.00.